The summed E-state index contributed by atoms with van der Waals surface area (Å²) in [6.45, 7) is 0. The van der Waals surface area contributed by atoms with Crippen molar-refractivity contribution >= 4 is 22.8 Å². The van der Waals surface area contributed by atoms with Gasteiger partial charge in [0.05, 0.1) is 29.1 Å². The van der Waals surface area contributed by atoms with Gasteiger partial charge in [0.1, 0.15) is 11.5 Å². The summed E-state index contributed by atoms with van der Waals surface area (Å²) in [6, 6.07) is 22.9. The fraction of sp³-hybridized carbons (Fsp3) is 0. The van der Waals surface area contributed by atoms with Crippen molar-refractivity contribution < 1.29 is 4.42 Å². The van der Waals surface area contributed by atoms with Crippen LogP contribution in [0.3, 0.4) is 0 Å². The van der Waals surface area contributed by atoms with E-state index >= 15 is 0 Å². The molecule has 0 saturated heterocycles. The summed E-state index contributed by atoms with van der Waals surface area (Å²) in [6.07, 6.45) is 3.48. The molecule has 0 aliphatic rings. The van der Waals surface area contributed by atoms with Crippen LogP contribution in [0.4, 0.5) is 5.69 Å². The van der Waals surface area contributed by atoms with E-state index in [1.165, 1.54) is 0 Å². The van der Waals surface area contributed by atoms with Gasteiger partial charge in [-0.1, -0.05) is 6.07 Å². The molecule has 0 spiro atoms. The Morgan fingerprint density at radius 3 is 2.72 bits per heavy atom. The number of aromatic nitrogens is 1. The zero-order valence-electron chi connectivity index (χ0n) is 13.3. The number of nitrogens with zero attached hydrogens (tertiary/aromatic N) is 3. The van der Waals surface area contributed by atoms with Gasteiger partial charge < -0.3 is 4.42 Å². The van der Waals surface area contributed by atoms with Crippen LogP contribution in [0.1, 0.15) is 11.3 Å². The minimum Gasteiger partial charge on any atom is -0.455 e. The quantitative estimate of drug-likeness (QED) is 0.492. The van der Waals surface area contributed by atoms with Gasteiger partial charge in [-0.3, -0.25) is 9.98 Å². The summed E-state index contributed by atoms with van der Waals surface area (Å²) in [4.78, 5) is 8.77. The lowest BCUT2D eigenvalue weighted by molar-refractivity contribution is 0.575. The van der Waals surface area contributed by atoms with E-state index in [4.69, 9.17) is 9.68 Å². The second-order valence-corrected chi connectivity index (χ2v) is 5.53. The second kappa shape index (κ2) is 6.42. The van der Waals surface area contributed by atoms with Crippen molar-refractivity contribution in [3.05, 3.63) is 84.3 Å². The summed E-state index contributed by atoms with van der Waals surface area (Å²) >= 11 is 0. The molecule has 0 fully saturated rings. The number of aliphatic imine (C=N–C) groups is 1. The molecule has 2 aromatic heterocycles. The van der Waals surface area contributed by atoms with Crippen molar-refractivity contribution in [2.75, 3.05) is 0 Å². The molecule has 4 heteroatoms. The average Bonchev–Trinajstić information content (AvgIpc) is 3.15. The third-order valence-corrected chi connectivity index (χ3v) is 3.85. The van der Waals surface area contributed by atoms with E-state index in [0.29, 0.717) is 11.3 Å². The van der Waals surface area contributed by atoms with Crippen molar-refractivity contribution in [3.8, 4) is 17.4 Å². The van der Waals surface area contributed by atoms with Crippen molar-refractivity contribution in [1.29, 1.82) is 5.26 Å². The molecule has 4 aromatic rings. The van der Waals surface area contributed by atoms with Crippen molar-refractivity contribution in [2.45, 2.75) is 0 Å². The fourth-order valence-corrected chi connectivity index (χ4v) is 2.57. The van der Waals surface area contributed by atoms with Gasteiger partial charge in [0, 0.05) is 17.1 Å². The Labute approximate surface area is 144 Å². The SMILES string of the molecule is N#Cc1ccc(-c2ccc(C=Nc3ccc4ncccc4c3)o2)cc1. The largest absolute Gasteiger partial charge is 0.455 e. The normalized spacial score (nSPS) is 11.0. The molecule has 118 valence electrons. The lowest BCUT2D eigenvalue weighted by Gasteiger charge is -1.98. The summed E-state index contributed by atoms with van der Waals surface area (Å²) in [5.41, 5.74) is 3.35. The topological polar surface area (TPSA) is 62.2 Å². The van der Waals surface area contributed by atoms with Crippen LogP contribution in [0.15, 0.2) is 82.3 Å². The number of hydrogen-bond acceptors (Lipinski definition) is 4. The molecule has 0 radical (unpaired) electrons. The zero-order chi connectivity index (χ0) is 17.1. The number of rotatable bonds is 3. The van der Waals surface area contributed by atoms with Gasteiger partial charge in [-0.15, -0.1) is 0 Å². The van der Waals surface area contributed by atoms with Crippen LogP contribution in [0.2, 0.25) is 0 Å². The summed E-state index contributed by atoms with van der Waals surface area (Å²) in [7, 11) is 0. The molecule has 0 unspecified atom stereocenters. The molecule has 25 heavy (non-hydrogen) atoms. The standard InChI is InChI=1S/C21H13N3O/c22-13-15-3-5-16(6-4-15)21-10-8-19(25-21)14-24-18-7-9-20-17(12-18)2-1-11-23-20/h1-12,14H. The predicted molar refractivity (Wildman–Crippen MR) is 97.9 cm³/mol. The highest BCUT2D eigenvalue weighted by Gasteiger charge is 2.04. The van der Waals surface area contributed by atoms with Gasteiger partial charge in [-0.25, -0.2) is 0 Å². The first kappa shape index (κ1) is 14.9. The van der Waals surface area contributed by atoms with Crippen LogP contribution >= 0.6 is 0 Å². The summed E-state index contributed by atoms with van der Waals surface area (Å²) in [5.74, 6) is 1.42. The van der Waals surface area contributed by atoms with Crippen molar-refractivity contribution in [2.24, 2.45) is 4.99 Å². The number of hydrogen-bond donors (Lipinski definition) is 0. The first-order valence-electron chi connectivity index (χ1n) is 7.81. The Morgan fingerprint density at radius 1 is 1.00 bits per heavy atom. The molecule has 0 N–H and O–H groups in total. The Hall–Kier alpha value is -3.71. The van der Waals surface area contributed by atoms with E-state index in [9.17, 15) is 0 Å². The molecular weight excluding hydrogens is 310 g/mol. The smallest absolute Gasteiger partial charge is 0.145 e. The monoisotopic (exact) mass is 323 g/mol. The molecule has 0 bridgehead atoms. The van der Waals surface area contributed by atoms with Crippen LogP contribution in [0.25, 0.3) is 22.2 Å². The first-order valence-corrected chi connectivity index (χ1v) is 7.81. The zero-order valence-corrected chi connectivity index (χ0v) is 13.3. The molecule has 2 aromatic carbocycles. The fourth-order valence-electron chi connectivity index (χ4n) is 2.57. The summed E-state index contributed by atoms with van der Waals surface area (Å²) in [5, 5.41) is 9.90. The third-order valence-electron chi connectivity index (χ3n) is 3.85. The number of nitriles is 1. The molecule has 0 amide bonds. The second-order valence-electron chi connectivity index (χ2n) is 5.53. The highest BCUT2D eigenvalue weighted by atomic mass is 16.3. The van der Waals surface area contributed by atoms with Crippen molar-refractivity contribution in [3.63, 3.8) is 0 Å². The number of fused-ring (bicyclic) bond motifs is 1. The molecule has 0 saturated carbocycles. The molecule has 4 rings (SSSR count). The Morgan fingerprint density at radius 2 is 1.88 bits per heavy atom. The molecule has 0 atom stereocenters. The van der Waals surface area contributed by atoms with Gasteiger partial charge in [-0.2, -0.15) is 5.26 Å². The van der Waals surface area contributed by atoms with Crippen LogP contribution in [-0.4, -0.2) is 11.2 Å². The van der Waals surface area contributed by atoms with Crippen molar-refractivity contribution in [1.82, 2.24) is 4.98 Å². The van der Waals surface area contributed by atoms with E-state index in [2.05, 4.69) is 16.0 Å². The van der Waals surface area contributed by atoms with E-state index in [-0.39, 0.29) is 0 Å². The Balaban J connectivity index is 1.57. The minimum absolute atomic E-state index is 0.628. The van der Waals surface area contributed by atoms with Gasteiger partial charge >= 0.3 is 0 Å². The molecule has 0 aliphatic heterocycles. The van der Waals surface area contributed by atoms with Crippen LogP contribution in [-0.2, 0) is 0 Å². The van der Waals surface area contributed by atoms with Crippen LogP contribution in [0.5, 0.6) is 0 Å². The maximum absolute atomic E-state index is 8.85. The maximum Gasteiger partial charge on any atom is 0.145 e. The lowest BCUT2D eigenvalue weighted by atomic mass is 10.1. The Bertz CT molecular complexity index is 1100. The van der Waals surface area contributed by atoms with E-state index in [0.717, 1.165) is 27.9 Å². The molecule has 0 aliphatic carbocycles. The van der Waals surface area contributed by atoms with Crippen LogP contribution < -0.4 is 0 Å². The van der Waals surface area contributed by atoms with Gasteiger partial charge in [0.15, 0.2) is 0 Å². The molecule has 4 nitrogen and oxygen atoms in total. The van der Waals surface area contributed by atoms with Crippen LogP contribution in [0, 0.1) is 11.3 Å². The van der Waals surface area contributed by atoms with E-state index in [1.54, 1.807) is 24.5 Å². The summed E-state index contributed by atoms with van der Waals surface area (Å²) < 4.78 is 5.81. The lowest BCUT2D eigenvalue weighted by Crippen LogP contribution is -1.78. The molecular formula is C21H13N3O. The van der Waals surface area contributed by atoms with Gasteiger partial charge in [0.25, 0.3) is 0 Å². The molecule has 2 heterocycles. The highest BCUT2D eigenvalue weighted by Crippen LogP contribution is 2.23. The van der Waals surface area contributed by atoms with E-state index < -0.39 is 0 Å². The predicted octanol–water partition coefficient (Wildman–Crippen LogP) is 5.12. The number of benzene rings is 2. The third kappa shape index (κ3) is 3.17. The first-order chi connectivity index (χ1) is 12.3. The maximum atomic E-state index is 8.85. The van der Waals surface area contributed by atoms with Gasteiger partial charge in [0.2, 0.25) is 0 Å². The number of furan rings is 1. The Kier molecular flexibility index (Phi) is 3.82. The highest BCUT2D eigenvalue weighted by molar-refractivity contribution is 5.84. The minimum atomic E-state index is 0.628. The average molecular weight is 323 g/mol. The van der Waals surface area contributed by atoms with E-state index in [1.807, 2.05) is 54.6 Å². The van der Waals surface area contributed by atoms with Gasteiger partial charge in [-0.05, 0) is 60.7 Å². The number of pyridine rings is 1.